The lowest BCUT2D eigenvalue weighted by Crippen LogP contribution is -2.34. The molecule has 1 aliphatic carbocycles. The van der Waals surface area contributed by atoms with Gasteiger partial charge in [0.15, 0.2) is 0 Å². The predicted molar refractivity (Wildman–Crippen MR) is 81.3 cm³/mol. The van der Waals surface area contributed by atoms with Crippen LogP contribution in [0.3, 0.4) is 0 Å². The SMILES string of the molecule is CC(C)(C)c1ccccc1C(=NC1CCCC1)NN. The maximum atomic E-state index is 5.71. The van der Waals surface area contributed by atoms with Gasteiger partial charge in [-0.05, 0) is 23.8 Å². The molecule has 0 bridgehead atoms. The second-order valence-electron chi connectivity index (χ2n) is 6.36. The highest BCUT2D eigenvalue weighted by Gasteiger charge is 2.21. The lowest BCUT2D eigenvalue weighted by atomic mass is 9.83. The number of aliphatic imine (C=N–C) groups is 1. The Labute approximate surface area is 116 Å². The topological polar surface area (TPSA) is 50.4 Å². The van der Waals surface area contributed by atoms with Crippen LogP contribution in [0.1, 0.15) is 57.6 Å². The van der Waals surface area contributed by atoms with Gasteiger partial charge in [0.05, 0.1) is 6.04 Å². The van der Waals surface area contributed by atoms with E-state index >= 15 is 0 Å². The first kappa shape index (κ1) is 14.1. The number of nitrogens with zero attached hydrogens (tertiary/aromatic N) is 1. The second kappa shape index (κ2) is 5.74. The van der Waals surface area contributed by atoms with Crippen molar-refractivity contribution in [3.05, 3.63) is 35.4 Å². The Morgan fingerprint density at radius 1 is 1.21 bits per heavy atom. The smallest absolute Gasteiger partial charge is 0.143 e. The molecule has 1 aliphatic rings. The summed E-state index contributed by atoms with van der Waals surface area (Å²) in [7, 11) is 0. The van der Waals surface area contributed by atoms with Crippen LogP contribution in [0.15, 0.2) is 29.3 Å². The molecule has 0 aliphatic heterocycles. The van der Waals surface area contributed by atoms with Crippen molar-refractivity contribution >= 4 is 5.84 Å². The molecule has 0 spiro atoms. The molecule has 104 valence electrons. The standard InChI is InChI=1S/C16H25N3/c1-16(2,3)14-11-7-6-10-13(14)15(19-17)18-12-8-4-5-9-12/h6-7,10-12H,4-5,8-9,17H2,1-3H3,(H,18,19). The zero-order valence-electron chi connectivity index (χ0n) is 12.2. The van der Waals surface area contributed by atoms with Crippen molar-refractivity contribution < 1.29 is 0 Å². The lowest BCUT2D eigenvalue weighted by Gasteiger charge is -2.23. The molecule has 2 rings (SSSR count). The molecule has 0 saturated heterocycles. The maximum Gasteiger partial charge on any atom is 0.143 e. The molecular formula is C16H25N3. The van der Waals surface area contributed by atoms with Crippen LogP contribution in [0.25, 0.3) is 0 Å². The highest BCUT2D eigenvalue weighted by molar-refractivity contribution is 6.00. The highest BCUT2D eigenvalue weighted by Crippen LogP contribution is 2.27. The molecule has 1 saturated carbocycles. The summed E-state index contributed by atoms with van der Waals surface area (Å²) < 4.78 is 0. The van der Waals surface area contributed by atoms with Crippen molar-refractivity contribution in [1.82, 2.24) is 5.43 Å². The number of hydrogen-bond acceptors (Lipinski definition) is 2. The summed E-state index contributed by atoms with van der Waals surface area (Å²) in [6, 6.07) is 8.82. The summed E-state index contributed by atoms with van der Waals surface area (Å²) >= 11 is 0. The number of rotatable bonds is 2. The van der Waals surface area contributed by atoms with Gasteiger partial charge < -0.3 is 5.43 Å². The quantitative estimate of drug-likeness (QED) is 0.371. The van der Waals surface area contributed by atoms with Crippen molar-refractivity contribution in [1.29, 1.82) is 0 Å². The molecule has 0 radical (unpaired) electrons. The van der Waals surface area contributed by atoms with Crippen molar-refractivity contribution in [2.75, 3.05) is 0 Å². The first-order valence-corrected chi connectivity index (χ1v) is 7.16. The molecule has 0 aromatic heterocycles. The van der Waals surface area contributed by atoms with Gasteiger partial charge >= 0.3 is 0 Å². The van der Waals surface area contributed by atoms with Gasteiger partial charge in [0, 0.05) is 5.56 Å². The van der Waals surface area contributed by atoms with E-state index in [0.717, 1.165) is 11.4 Å². The van der Waals surface area contributed by atoms with Gasteiger partial charge in [0.25, 0.3) is 0 Å². The fourth-order valence-corrected chi connectivity index (χ4v) is 2.74. The minimum absolute atomic E-state index is 0.0872. The van der Waals surface area contributed by atoms with Crippen molar-refractivity contribution in [2.24, 2.45) is 10.8 Å². The first-order valence-electron chi connectivity index (χ1n) is 7.16. The van der Waals surface area contributed by atoms with E-state index in [1.54, 1.807) is 0 Å². The summed E-state index contributed by atoms with van der Waals surface area (Å²) in [6.45, 7) is 6.65. The zero-order valence-corrected chi connectivity index (χ0v) is 12.2. The van der Waals surface area contributed by atoms with Gasteiger partial charge in [-0.1, -0.05) is 57.9 Å². The number of nitrogens with one attached hydrogen (secondary N) is 1. The Bertz CT molecular complexity index is 451. The van der Waals surface area contributed by atoms with Gasteiger partial charge in [-0.15, -0.1) is 0 Å². The van der Waals surface area contributed by atoms with E-state index in [1.165, 1.54) is 31.2 Å². The molecule has 19 heavy (non-hydrogen) atoms. The van der Waals surface area contributed by atoms with E-state index in [2.05, 4.69) is 44.4 Å². The van der Waals surface area contributed by atoms with Gasteiger partial charge in [-0.3, -0.25) is 4.99 Å². The predicted octanol–water partition coefficient (Wildman–Crippen LogP) is 3.14. The third-order valence-corrected chi connectivity index (χ3v) is 3.76. The average molecular weight is 259 g/mol. The number of nitrogens with two attached hydrogens (primary N) is 1. The molecule has 1 aromatic rings. The third kappa shape index (κ3) is 3.35. The third-order valence-electron chi connectivity index (χ3n) is 3.76. The summed E-state index contributed by atoms with van der Waals surface area (Å²) in [6.07, 6.45) is 4.94. The van der Waals surface area contributed by atoms with Crippen LogP contribution in [0.5, 0.6) is 0 Å². The molecule has 3 heteroatoms. The molecule has 3 N–H and O–H groups in total. The zero-order chi connectivity index (χ0) is 13.9. The van der Waals surface area contributed by atoms with E-state index < -0.39 is 0 Å². The van der Waals surface area contributed by atoms with Crippen LogP contribution in [-0.2, 0) is 5.41 Å². The van der Waals surface area contributed by atoms with E-state index in [-0.39, 0.29) is 5.41 Å². The average Bonchev–Trinajstić information content (AvgIpc) is 2.88. The van der Waals surface area contributed by atoms with Crippen LogP contribution >= 0.6 is 0 Å². The Morgan fingerprint density at radius 2 is 1.84 bits per heavy atom. The van der Waals surface area contributed by atoms with Gasteiger partial charge in [0.2, 0.25) is 0 Å². The number of hydrazine groups is 1. The molecular weight excluding hydrogens is 234 g/mol. The Kier molecular flexibility index (Phi) is 4.25. The molecule has 0 heterocycles. The van der Waals surface area contributed by atoms with Crippen LogP contribution in [0, 0.1) is 0 Å². The Morgan fingerprint density at radius 3 is 2.42 bits per heavy atom. The van der Waals surface area contributed by atoms with Crippen LogP contribution < -0.4 is 11.3 Å². The molecule has 1 aromatic carbocycles. The van der Waals surface area contributed by atoms with Crippen LogP contribution in [-0.4, -0.2) is 11.9 Å². The number of amidine groups is 1. The number of benzene rings is 1. The normalized spacial score (nSPS) is 17.8. The molecule has 1 fully saturated rings. The Balaban J connectivity index is 2.38. The maximum absolute atomic E-state index is 5.71. The van der Waals surface area contributed by atoms with E-state index in [9.17, 15) is 0 Å². The minimum atomic E-state index is 0.0872. The molecule has 0 atom stereocenters. The van der Waals surface area contributed by atoms with Crippen LogP contribution in [0.2, 0.25) is 0 Å². The van der Waals surface area contributed by atoms with Crippen LogP contribution in [0.4, 0.5) is 0 Å². The monoisotopic (exact) mass is 259 g/mol. The summed E-state index contributed by atoms with van der Waals surface area (Å²) in [5.41, 5.74) is 5.31. The fourth-order valence-electron chi connectivity index (χ4n) is 2.74. The van der Waals surface area contributed by atoms with Crippen molar-refractivity contribution in [3.8, 4) is 0 Å². The Hall–Kier alpha value is -1.35. The van der Waals surface area contributed by atoms with Gasteiger partial charge in [0.1, 0.15) is 5.84 Å². The summed E-state index contributed by atoms with van der Waals surface area (Å²) in [5.74, 6) is 6.55. The first-order chi connectivity index (χ1) is 9.02. The molecule has 3 nitrogen and oxygen atoms in total. The van der Waals surface area contributed by atoms with E-state index in [4.69, 9.17) is 10.8 Å². The van der Waals surface area contributed by atoms with Crippen molar-refractivity contribution in [2.45, 2.75) is 57.9 Å². The lowest BCUT2D eigenvalue weighted by molar-refractivity contribution is 0.588. The highest BCUT2D eigenvalue weighted by atomic mass is 15.3. The van der Waals surface area contributed by atoms with E-state index in [0.29, 0.717) is 6.04 Å². The molecule has 0 unspecified atom stereocenters. The fraction of sp³-hybridized carbons (Fsp3) is 0.562. The minimum Gasteiger partial charge on any atom is -0.308 e. The van der Waals surface area contributed by atoms with Gasteiger partial charge in [-0.25, -0.2) is 5.84 Å². The van der Waals surface area contributed by atoms with E-state index in [1.807, 2.05) is 6.07 Å². The number of hydrogen-bond donors (Lipinski definition) is 2. The summed E-state index contributed by atoms with van der Waals surface area (Å²) in [5, 5.41) is 0. The largest absolute Gasteiger partial charge is 0.308 e. The van der Waals surface area contributed by atoms with Gasteiger partial charge in [-0.2, -0.15) is 0 Å². The summed E-state index contributed by atoms with van der Waals surface area (Å²) in [4.78, 5) is 4.82. The van der Waals surface area contributed by atoms with Crippen molar-refractivity contribution in [3.63, 3.8) is 0 Å². The molecule has 0 amide bonds. The second-order valence-corrected chi connectivity index (χ2v) is 6.36.